The largest absolute Gasteiger partial charge is 0.477 e. The molecule has 3 aromatic carbocycles. The molecule has 2 amide bonds. The number of carbonyl (C=O) groups is 2. The number of ether oxygens (including phenoxy) is 1. The molecule has 3 aromatic heterocycles. The molecular weight excluding hydrogens is 759 g/mol. The fourth-order valence-corrected chi connectivity index (χ4v) is 7.52. The molecule has 0 aliphatic carbocycles. The van der Waals surface area contributed by atoms with Crippen molar-refractivity contribution in [1.29, 1.82) is 5.26 Å². The van der Waals surface area contributed by atoms with Crippen LogP contribution in [0.2, 0.25) is 0 Å². The van der Waals surface area contributed by atoms with Gasteiger partial charge in [-0.05, 0) is 87.1 Å². The zero-order chi connectivity index (χ0) is 41.4. The number of rotatable bonds is 11. The van der Waals surface area contributed by atoms with Gasteiger partial charge < -0.3 is 9.64 Å². The van der Waals surface area contributed by atoms with Gasteiger partial charge in [-0.1, -0.05) is 54.3 Å². The van der Waals surface area contributed by atoms with Crippen LogP contribution in [0, 0.1) is 29.1 Å². The lowest BCUT2D eigenvalue weighted by molar-refractivity contribution is -0.136. The molecule has 14 heteroatoms. The van der Waals surface area contributed by atoms with E-state index in [0.29, 0.717) is 58.2 Å². The first kappa shape index (κ1) is 39.5. The first-order chi connectivity index (χ1) is 29.3. The van der Waals surface area contributed by atoms with E-state index in [1.165, 1.54) is 15.4 Å². The highest BCUT2D eigenvalue weighted by atomic mass is 16.5. The summed E-state index contributed by atoms with van der Waals surface area (Å²) in [5, 5.41) is 21.4. The van der Waals surface area contributed by atoms with Crippen molar-refractivity contribution in [1.82, 2.24) is 39.7 Å². The van der Waals surface area contributed by atoms with Crippen molar-refractivity contribution < 1.29 is 14.3 Å². The Morgan fingerprint density at radius 3 is 2.53 bits per heavy atom. The Morgan fingerprint density at radius 2 is 1.72 bits per heavy atom. The number of benzene rings is 3. The highest BCUT2D eigenvalue weighted by Gasteiger charge is 2.30. The van der Waals surface area contributed by atoms with Gasteiger partial charge in [-0.15, -0.1) is 0 Å². The summed E-state index contributed by atoms with van der Waals surface area (Å²) in [5.41, 5.74) is 3.75. The van der Waals surface area contributed by atoms with Gasteiger partial charge in [-0.3, -0.25) is 24.5 Å². The number of aromatic nitrogens is 6. The Bertz CT molecular complexity index is 2790. The van der Waals surface area contributed by atoms with Crippen LogP contribution in [0.3, 0.4) is 0 Å². The molecular formula is C46H41N9O5. The van der Waals surface area contributed by atoms with E-state index in [0.717, 1.165) is 55.6 Å². The van der Waals surface area contributed by atoms with Crippen molar-refractivity contribution in [3.63, 3.8) is 0 Å². The van der Waals surface area contributed by atoms with Gasteiger partial charge in [0.25, 0.3) is 17.0 Å². The quantitative estimate of drug-likeness (QED) is 0.107. The van der Waals surface area contributed by atoms with E-state index in [2.05, 4.69) is 48.3 Å². The second-order valence-electron chi connectivity index (χ2n) is 15.0. The summed E-state index contributed by atoms with van der Waals surface area (Å²) < 4.78 is 8.73. The standard InChI is InChI=1S/C46H41N9O5/c47-27-33-6-4-9-36(26-33)39-15-18-43(57)54(52-39)29-31-11-13-35(14-12-31)44-48-22-19-42(51-44)60-30-32-20-24-53(25-21-32)23-3-1-2-7-34-8-5-10-37-38(34)28-49-55(46(37)59)40-16-17-41(56)50-45(40)58/h4-6,8-15,18-19,22,26,28,32,40H,1,3,16-17,20-21,23-25,29-30H2,(H,50,56,58). The molecule has 2 saturated heterocycles. The molecule has 0 radical (unpaired) electrons. The molecule has 5 heterocycles. The fraction of sp³-hybridized carbons (Fsp3) is 0.283. The third-order valence-electron chi connectivity index (χ3n) is 10.9. The molecule has 1 N–H and O–H groups in total. The number of amides is 2. The van der Waals surface area contributed by atoms with Crippen molar-refractivity contribution in [2.75, 3.05) is 26.2 Å². The lowest BCUT2D eigenvalue weighted by Crippen LogP contribution is -2.45. The number of nitrogens with one attached hydrogen (secondary N) is 1. The maximum absolute atomic E-state index is 13.2. The van der Waals surface area contributed by atoms with E-state index in [1.54, 1.807) is 54.9 Å². The topological polar surface area (TPSA) is 178 Å². The van der Waals surface area contributed by atoms with E-state index in [1.807, 2.05) is 36.4 Å². The molecule has 300 valence electrons. The van der Waals surface area contributed by atoms with Gasteiger partial charge in [-0.25, -0.2) is 14.3 Å². The molecule has 2 aliphatic rings. The Kier molecular flexibility index (Phi) is 11.9. The molecule has 0 saturated carbocycles. The normalized spacial score (nSPS) is 15.8. The third kappa shape index (κ3) is 9.20. The summed E-state index contributed by atoms with van der Waals surface area (Å²) in [6.07, 6.45) is 7.37. The number of unbranched alkanes of at least 4 members (excludes halogenated alkanes) is 1. The highest BCUT2D eigenvalue weighted by Crippen LogP contribution is 2.23. The summed E-state index contributed by atoms with van der Waals surface area (Å²) in [7, 11) is 0. The van der Waals surface area contributed by atoms with E-state index in [-0.39, 0.29) is 36.4 Å². The number of fused-ring (bicyclic) bond motifs is 1. The Labute approximate surface area is 345 Å². The molecule has 14 nitrogen and oxygen atoms in total. The molecule has 2 aliphatic heterocycles. The third-order valence-corrected chi connectivity index (χ3v) is 10.9. The predicted octanol–water partition coefficient (Wildman–Crippen LogP) is 4.90. The Morgan fingerprint density at radius 1 is 0.883 bits per heavy atom. The van der Waals surface area contributed by atoms with Crippen molar-refractivity contribution in [3.05, 3.63) is 135 Å². The highest BCUT2D eigenvalue weighted by molar-refractivity contribution is 5.99. The average Bonchev–Trinajstić information content (AvgIpc) is 3.27. The lowest BCUT2D eigenvalue weighted by Gasteiger charge is -2.31. The average molecular weight is 800 g/mol. The second-order valence-corrected chi connectivity index (χ2v) is 15.0. The SMILES string of the molecule is N#Cc1cccc(-c2ccc(=O)n(Cc3ccc(-c4nccc(OCC5CCN(CCCC#Cc6cccc7c(=O)n(C8CCC(=O)NC8=O)ncc67)CC5)n4)cc3)n2)c1. The summed E-state index contributed by atoms with van der Waals surface area (Å²) in [5.74, 6) is 7.12. The molecule has 60 heavy (non-hydrogen) atoms. The number of hydrogen-bond donors (Lipinski definition) is 1. The zero-order valence-corrected chi connectivity index (χ0v) is 32.8. The molecule has 0 bridgehead atoms. The minimum Gasteiger partial charge on any atom is -0.477 e. The molecule has 1 unspecified atom stereocenters. The molecule has 0 spiro atoms. The number of nitriles is 1. The predicted molar refractivity (Wildman–Crippen MR) is 223 cm³/mol. The van der Waals surface area contributed by atoms with Crippen LogP contribution in [0.25, 0.3) is 33.4 Å². The van der Waals surface area contributed by atoms with E-state index in [4.69, 9.17) is 4.74 Å². The van der Waals surface area contributed by atoms with Crippen LogP contribution >= 0.6 is 0 Å². The second kappa shape index (κ2) is 18.1. The van der Waals surface area contributed by atoms with Gasteiger partial charge in [0.2, 0.25) is 11.8 Å². The Hall–Kier alpha value is -7.29. The van der Waals surface area contributed by atoms with Gasteiger partial charge in [0.05, 0.1) is 42.1 Å². The van der Waals surface area contributed by atoms with Gasteiger partial charge in [0.15, 0.2) is 5.82 Å². The van der Waals surface area contributed by atoms with Crippen LogP contribution in [0.5, 0.6) is 5.88 Å². The van der Waals surface area contributed by atoms with Gasteiger partial charge >= 0.3 is 0 Å². The van der Waals surface area contributed by atoms with E-state index < -0.39 is 11.9 Å². The number of nitrogens with zero attached hydrogens (tertiary/aromatic N) is 8. The minimum absolute atomic E-state index is 0.165. The van der Waals surface area contributed by atoms with Crippen LogP contribution in [0.15, 0.2) is 107 Å². The van der Waals surface area contributed by atoms with Crippen molar-refractivity contribution in [3.8, 4) is 46.4 Å². The van der Waals surface area contributed by atoms with Crippen LogP contribution in [-0.2, 0) is 16.1 Å². The van der Waals surface area contributed by atoms with E-state index in [9.17, 15) is 24.4 Å². The maximum atomic E-state index is 13.2. The molecule has 8 rings (SSSR count). The zero-order valence-electron chi connectivity index (χ0n) is 32.8. The van der Waals surface area contributed by atoms with Crippen LogP contribution in [0.4, 0.5) is 0 Å². The summed E-state index contributed by atoms with van der Waals surface area (Å²) in [4.78, 5) is 61.3. The minimum atomic E-state index is -0.810. The number of hydrogen-bond acceptors (Lipinski definition) is 11. The number of imide groups is 1. The molecule has 2 fully saturated rings. The number of carbonyl (C=O) groups excluding carboxylic acids is 2. The fourth-order valence-electron chi connectivity index (χ4n) is 7.52. The smallest absolute Gasteiger partial charge is 0.275 e. The molecule has 1 atom stereocenters. The van der Waals surface area contributed by atoms with Crippen LogP contribution in [-0.4, -0.2) is 72.5 Å². The summed E-state index contributed by atoms with van der Waals surface area (Å²) >= 11 is 0. The summed E-state index contributed by atoms with van der Waals surface area (Å²) in [6.45, 7) is 3.78. The van der Waals surface area contributed by atoms with Gasteiger partial charge in [0, 0.05) is 53.2 Å². The monoisotopic (exact) mass is 799 g/mol. The first-order valence-electron chi connectivity index (χ1n) is 20.0. The van der Waals surface area contributed by atoms with Crippen molar-refractivity contribution in [2.45, 2.75) is 51.1 Å². The Balaban J connectivity index is 0.787. The van der Waals surface area contributed by atoms with Crippen LogP contribution < -0.4 is 21.2 Å². The number of piperidine rings is 2. The van der Waals surface area contributed by atoms with Crippen molar-refractivity contribution in [2.24, 2.45) is 5.92 Å². The lowest BCUT2D eigenvalue weighted by atomic mass is 9.97. The molecule has 6 aromatic rings. The summed E-state index contributed by atoms with van der Waals surface area (Å²) in [6, 6.07) is 26.5. The van der Waals surface area contributed by atoms with Crippen LogP contribution in [0.1, 0.15) is 61.3 Å². The van der Waals surface area contributed by atoms with Gasteiger partial charge in [0.1, 0.15) is 6.04 Å². The first-order valence-corrected chi connectivity index (χ1v) is 20.0. The number of likely N-dealkylation sites (tertiary alicyclic amines) is 1. The maximum Gasteiger partial charge on any atom is 0.275 e. The van der Waals surface area contributed by atoms with Crippen molar-refractivity contribution >= 4 is 22.6 Å². The van der Waals surface area contributed by atoms with Gasteiger partial charge in [-0.2, -0.15) is 20.4 Å². The van der Waals surface area contributed by atoms with E-state index >= 15 is 0 Å².